The van der Waals surface area contributed by atoms with Gasteiger partial charge in [0.25, 0.3) is 5.91 Å². The minimum absolute atomic E-state index is 0.178. The molecule has 0 radical (unpaired) electrons. The van der Waals surface area contributed by atoms with Crippen molar-refractivity contribution in [3.63, 3.8) is 0 Å². The molecule has 0 aromatic heterocycles. The van der Waals surface area contributed by atoms with Crippen LogP contribution in [0.15, 0.2) is 47.4 Å². The zero-order chi connectivity index (χ0) is 22.2. The highest BCUT2D eigenvalue weighted by atomic mass is 32.2. The van der Waals surface area contributed by atoms with Gasteiger partial charge in [-0.3, -0.25) is 4.79 Å². The zero-order valence-corrected chi connectivity index (χ0v) is 19.6. The van der Waals surface area contributed by atoms with Gasteiger partial charge < -0.3 is 19.5 Å². The van der Waals surface area contributed by atoms with Gasteiger partial charge in [0.05, 0.1) is 11.5 Å². The lowest BCUT2D eigenvalue weighted by molar-refractivity contribution is -0.115. The Hall–Kier alpha value is -2.51. The number of hydrogen-bond acceptors (Lipinski definition) is 6. The second-order valence-electron chi connectivity index (χ2n) is 7.07. The normalized spacial score (nSPS) is 15.6. The van der Waals surface area contributed by atoms with Crippen LogP contribution in [0, 0.1) is 0 Å². The number of thiocarbonyl (C=S) groups is 1. The largest absolute Gasteiger partial charge is 0.490 e. The molecule has 3 rings (SSSR count). The second-order valence-corrected chi connectivity index (χ2v) is 8.79. The summed E-state index contributed by atoms with van der Waals surface area (Å²) in [5, 5.41) is 2.61. The summed E-state index contributed by atoms with van der Waals surface area (Å²) < 4.78 is 17.9. The van der Waals surface area contributed by atoms with Crippen molar-refractivity contribution in [3.05, 3.63) is 58.5 Å². The van der Waals surface area contributed by atoms with Gasteiger partial charge in [0.2, 0.25) is 0 Å². The molecule has 0 aliphatic carbocycles. The van der Waals surface area contributed by atoms with Crippen molar-refractivity contribution in [3.8, 4) is 17.2 Å². The molecule has 164 valence electrons. The molecule has 1 amide bonds. The molecule has 1 aliphatic rings. The molecule has 7 heteroatoms. The molecular formula is C24H27NO4S2. The fourth-order valence-electron chi connectivity index (χ4n) is 3.01. The second kappa shape index (κ2) is 11.2. The van der Waals surface area contributed by atoms with E-state index in [1.165, 1.54) is 17.3 Å². The summed E-state index contributed by atoms with van der Waals surface area (Å²) in [6.45, 7) is 7.65. The molecule has 1 fully saturated rings. The number of hydrogen-bond donors (Lipinski definition) is 1. The molecular weight excluding hydrogens is 430 g/mol. The van der Waals surface area contributed by atoms with Crippen molar-refractivity contribution in [1.82, 2.24) is 5.32 Å². The molecule has 1 heterocycles. The number of nitrogens with one attached hydrogen (secondary N) is 1. The van der Waals surface area contributed by atoms with E-state index in [9.17, 15) is 4.79 Å². The molecule has 0 spiro atoms. The Balaban J connectivity index is 1.57. The molecule has 1 N–H and O–H groups in total. The van der Waals surface area contributed by atoms with Gasteiger partial charge in [-0.15, -0.1) is 0 Å². The van der Waals surface area contributed by atoms with Crippen LogP contribution in [-0.4, -0.2) is 30.0 Å². The van der Waals surface area contributed by atoms with Gasteiger partial charge >= 0.3 is 0 Å². The first kappa shape index (κ1) is 23.2. The van der Waals surface area contributed by atoms with Crippen LogP contribution in [0.2, 0.25) is 0 Å². The Bertz CT molecular complexity index is 957. The molecule has 1 saturated heterocycles. The summed E-state index contributed by atoms with van der Waals surface area (Å²) in [5.74, 6) is 2.46. The topological polar surface area (TPSA) is 56.8 Å². The highest BCUT2D eigenvalue weighted by molar-refractivity contribution is 8.26. The van der Waals surface area contributed by atoms with Gasteiger partial charge in [0.15, 0.2) is 11.5 Å². The third-order valence-electron chi connectivity index (χ3n) is 4.88. The van der Waals surface area contributed by atoms with Crippen LogP contribution in [0.4, 0.5) is 0 Å². The molecule has 5 nitrogen and oxygen atoms in total. The monoisotopic (exact) mass is 457 g/mol. The minimum Gasteiger partial charge on any atom is -0.490 e. The predicted molar refractivity (Wildman–Crippen MR) is 130 cm³/mol. The smallest absolute Gasteiger partial charge is 0.263 e. The van der Waals surface area contributed by atoms with Crippen LogP contribution in [-0.2, 0) is 4.79 Å². The molecule has 1 unspecified atom stereocenters. The van der Waals surface area contributed by atoms with Gasteiger partial charge in [-0.2, -0.15) is 0 Å². The fourth-order valence-corrected chi connectivity index (χ4v) is 4.06. The summed E-state index contributed by atoms with van der Waals surface area (Å²) in [6, 6.07) is 13.8. The van der Waals surface area contributed by atoms with E-state index in [0.29, 0.717) is 46.5 Å². The minimum atomic E-state index is -0.178. The van der Waals surface area contributed by atoms with E-state index in [2.05, 4.69) is 31.3 Å². The number of ether oxygens (including phenoxy) is 3. The fraction of sp³-hybridized carbons (Fsp3) is 0.333. The summed E-state index contributed by atoms with van der Waals surface area (Å²) >= 11 is 6.28. The molecule has 1 aliphatic heterocycles. The van der Waals surface area contributed by atoms with Crippen LogP contribution in [0.25, 0.3) is 6.08 Å². The van der Waals surface area contributed by atoms with Gasteiger partial charge in [0.1, 0.15) is 23.3 Å². The first-order chi connectivity index (χ1) is 15.0. The van der Waals surface area contributed by atoms with Crippen molar-refractivity contribution in [2.75, 3.05) is 19.8 Å². The summed E-state index contributed by atoms with van der Waals surface area (Å²) in [5.41, 5.74) is 2.16. The van der Waals surface area contributed by atoms with E-state index in [0.717, 1.165) is 17.7 Å². The maximum Gasteiger partial charge on any atom is 0.263 e. The van der Waals surface area contributed by atoms with Crippen molar-refractivity contribution < 1.29 is 19.0 Å². The molecule has 2 aromatic rings. The first-order valence-electron chi connectivity index (χ1n) is 10.4. The standard InChI is InChI=1S/C24H27NO4S2/c1-4-16(3)18-7-9-19(10-8-18)28-12-13-29-20-11-6-17(14-21(20)27-5-2)15-22-23(26)25-24(30)31-22/h6-11,14-16H,4-5,12-13H2,1-3H3,(H,25,26,30)/b22-15-. The van der Waals surface area contributed by atoms with Gasteiger partial charge in [0, 0.05) is 0 Å². The third-order valence-corrected chi connectivity index (χ3v) is 6.04. The SMILES string of the molecule is CCOc1cc(/C=C2\SC(=S)NC2=O)ccc1OCCOc1ccc(C(C)CC)cc1. The van der Waals surface area contributed by atoms with Crippen LogP contribution >= 0.6 is 24.0 Å². The Labute approximate surface area is 193 Å². The summed E-state index contributed by atoms with van der Waals surface area (Å²) in [6.07, 6.45) is 2.91. The van der Waals surface area contributed by atoms with Crippen molar-refractivity contribution in [2.45, 2.75) is 33.1 Å². The van der Waals surface area contributed by atoms with Gasteiger partial charge in [-0.05, 0) is 60.7 Å². The molecule has 0 saturated carbocycles. The Morgan fingerprint density at radius 3 is 2.42 bits per heavy atom. The van der Waals surface area contributed by atoms with Crippen LogP contribution in [0.3, 0.4) is 0 Å². The van der Waals surface area contributed by atoms with E-state index < -0.39 is 0 Å². The molecule has 1 atom stereocenters. The zero-order valence-electron chi connectivity index (χ0n) is 18.0. The first-order valence-corrected chi connectivity index (χ1v) is 11.6. The van der Waals surface area contributed by atoms with Gasteiger partial charge in [-0.1, -0.05) is 56.0 Å². The Morgan fingerprint density at radius 2 is 1.77 bits per heavy atom. The number of carbonyl (C=O) groups is 1. The van der Waals surface area contributed by atoms with Crippen LogP contribution in [0.5, 0.6) is 17.2 Å². The van der Waals surface area contributed by atoms with E-state index >= 15 is 0 Å². The maximum absolute atomic E-state index is 11.9. The van der Waals surface area contributed by atoms with E-state index in [-0.39, 0.29) is 5.91 Å². The number of carbonyl (C=O) groups excluding carboxylic acids is 1. The van der Waals surface area contributed by atoms with Crippen LogP contribution < -0.4 is 19.5 Å². The molecule has 0 bridgehead atoms. The highest BCUT2D eigenvalue weighted by Crippen LogP contribution is 2.32. The number of thioether (sulfide) groups is 1. The Morgan fingerprint density at radius 1 is 1.03 bits per heavy atom. The van der Waals surface area contributed by atoms with Crippen molar-refractivity contribution in [1.29, 1.82) is 0 Å². The third kappa shape index (κ3) is 6.48. The van der Waals surface area contributed by atoms with Crippen molar-refractivity contribution in [2.24, 2.45) is 0 Å². The van der Waals surface area contributed by atoms with Crippen LogP contribution in [0.1, 0.15) is 44.2 Å². The summed E-state index contributed by atoms with van der Waals surface area (Å²) in [4.78, 5) is 12.4. The number of benzene rings is 2. The lowest BCUT2D eigenvalue weighted by Gasteiger charge is -2.14. The highest BCUT2D eigenvalue weighted by Gasteiger charge is 2.22. The average Bonchev–Trinajstić information content (AvgIpc) is 3.09. The summed E-state index contributed by atoms with van der Waals surface area (Å²) in [7, 11) is 0. The van der Waals surface area contributed by atoms with E-state index in [1.54, 1.807) is 6.08 Å². The Kier molecular flexibility index (Phi) is 8.37. The molecule has 31 heavy (non-hydrogen) atoms. The molecule has 2 aromatic carbocycles. The lowest BCUT2D eigenvalue weighted by Crippen LogP contribution is -2.17. The maximum atomic E-state index is 11.9. The van der Waals surface area contributed by atoms with Crippen molar-refractivity contribution >= 4 is 40.3 Å². The lowest BCUT2D eigenvalue weighted by atomic mass is 9.99. The quantitative estimate of drug-likeness (QED) is 0.287. The van der Waals surface area contributed by atoms with E-state index in [4.69, 9.17) is 26.4 Å². The predicted octanol–water partition coefficient (Wildman–Crippen LogP) is 5.55. The van der Waals surface area contributed by atoms with E-state index in [1.807, 2.05) is 37.3 Å². The van der Waals surface area contributed by atoms with Gasteiger partial charge in [-0.25, -0.2) is 0 Å². The number of amides is 1. The number of rotatable bonds is 10. The average molecular weight is 458 g/mol.